The fourth-order valence-corrected chi connectivity index (χ4v) is 4.72. The van der Waals surface area contributed by atoms with Crippen LogP contribution in [0.25, 0.3) is 0 Å². The zero-order valence-corrected chi connectivity index (χ0v) is 18.0. The number of benzene rings is 2. The molecule has 4 rings (SSSR count). The summed E-state index contributed by atoms with van der Waals surface area (Å²) in [6.07, 6.45) is 8.85. The molecule has 0 radical (unpaired) electrons. The average molecular weight is 392 g/mol. The zero-order chi connectivity index (χ0) is 20.4. The van der Waals surface area contributed by atoms with E-state index in [-0.39, 0.29) is 5.97 Å². The predicted octanol–water partition coefficient (Wildman–Crippen LogP) is 6.79. The number of ether oxygens (including phenoxy) is 1. The Morgan fingerprint density at radius 3 is 2.38 bits per heavy atom. The summed E-state index contributed by atoms with van der Waals surface area (Å²) in [6, 6.07) is 15.4. The topological polar surface area (TPSA) is 38.3 Å². The number of esters is 1. The molecule has 1 N–H and O–H groups in total. The van der Waals surface area contributed by atoms with Gasteiger partial charge in [0.15, 0.2) is 0 Å². The third-order valence-corrected chi connectivity index (χ3v) is 6.18. The van der Waals surface area contributed by atoms with Crippen LogP contribution in [0.2, 0.25) is 0 Å². The van der Waals surface area contributed by atoms with E-state index < -0.39 is 5.60 Å². The van der Waals surface area contributed by atoms with Gasteiger partial charge in [0.05, 0.1) is 11.6 Å². The number of hydrogen-bond acceptors (Lipinski definition) is 3. The highest BCUT2D eigenvalue weighted by Gasteiger charge is 2.25. The average Bonchev–Trinajstić information content (AvgIpc) is 3.10. The van der Waals surface area contributed by atoms with Crippen molar-refractivity contribution in [3.05, 3.63) is 64.7 Å². The molecular weight excluding hydrogens is 358 g/mol. The minimum absolute atomic E-state index is 0.241. The van der Waals surface area contributed by atoms with Crippen LogP contribution in [-0.4, -0.2) is 11.6 Å². The number of nitrogens with one attached hydrogen (secondary N) is 1. The molecule has 0 bridgehead atoms. The van der Waals surface area contributed by atoms with Crippen LogP contribution >= 0.6 is 0 Å². The Morgan fingerprint density at radius 1 is 0.966 bits per heavy atom. The first kappa shape index (κ1) is 20.0. The molecule has 0 saturated heterocycles. The molecule has 0 amide bonds. The largest absolute Gasteiger partial charge is 0.456 e. The lowest BCUT2D eigenvalue weighted by Gasteiger charge is -2.22. The van der Waals surface area contributed by atoms with Crippen molar-refractivity contribution in [2.45, 2.75) is 83.3 Å². The van der Waals surface area contributed by atoms with E-state index in [0.717, 1.165) is 18.8 Å². The van der Waals surface area contributed by atoms with Crippen LogP contribution in [0.4, 0.5) is 5.69 Å². The second-order valence-electron chi connectivity index (χ2n) is 9.61. The fourth-order valence-electron chi connectivity index (χ4n) is 4.72. The Morgan fingerprint density at radius 2 is 1.69 bits per heavy atom. The molecule has 2 aromatic carbocycles. The highest BCUT2D eigenvalue weighted by atomic mass is 16.6. The first-order valence-corrected chi connectivity index (χ1v) is 11.1. The van der Waals surface area contributed by atoms with Crippen molar-refractivity contribution >= 4 is 11.7 Å². The SMILES string of the molecule is CC(C)(C)OC(=O)c1ccc2c(c1)CCC2Nc1ccc(C2CCCCC2)cc1. The maximum absolute atomic E-state index is 12.4. The fraction of sp³-hybridized carbons (Fsp3) is 0.500. The van der Waals surface area contributed by atoms with Gasteiger partial charge in [0.25, 0.3) is 0 Å². The number of hydrogen-bond donors (Lipinski definition) is 1. The maximum atomic E-state index is 12.4. The van der Waals surface area contributed by atoms with Gasteiger partial charge < -0.3 is 10.1 Å². The molecule has 0 spiro atoms. The molecular formula is C26H33NO2. The Labute approximate surface area is 174 Å². The lowest BCUT2D eigenvalue weighted by atomic mass is 9.84. The van der Waals surface area contributed by atoms with Crippen molar-refractivity contribution in [2.75, 3.05) is 5.32 Å². The molecule has 0 heterocycles. The summed E-state index contributed by atoms with van der Waals surface area (Å²) < 4.78 is 5.51. The standard InChI is InChI=1S/C26H33NO2/c1-26(2,3)29-25(28)21-11-15-23-20(17-21)12-16-24(23)27-22-13-9-19(10-14-22)18-7-5-4-6-8-18/h9-11,13-15,17-18,24,27H,4-8,12,16H2,1-3H3. The Bertz CT molecular complexity index is 857. The summed E-state index contributed by atoms with van der Waals surface area (Å²) in [5.41, 5.74) is 5.40. The normalized spacial score (nSPS) is 19.6. The summed E-state index contributed by atoms with van der Waals surface area (Å²) in [7, 11) is 0. The van der Waals surface area contributed by atoms with E-state index in [4.69, 9.17) is 4.74 Å². The van der Waals surface area contributed by atoms with Gasteiger partial charge in [-0.2, -0.15) is 0 Å². The molecule has 1 atom stereocenters. The number of carbonyl (C=O) groups excluding carboxylic acids is 1. The van der Waals surface area contributed by atoms with Gasteiger partial charge in [0, 0.05) is 5.69 Å². The molecule has 0 aliphatic heterocycles. The van der Waals surface area contributed by atoms with Crippen molar-refractivity contribution in [1.29, 1.82) is 0 Å². The van der Waals surface area contributed by atoms with Crippen LogP contribution in [0.3, 0.4) is 0 Å². The Balaban J connectivity index is 1.42. The van der Waals surface area contributed by atoms with Gasteiger partial charge in [-0.1, -0.05) is 37.5 Å². The second kappa shape index (κ2) is 8.22. The van der Waals surface area contributed by atoms with E-state index in [1.54, 1.807) is 0 Å². The molecule has 2 aliphatic carbocycles. The number of carbonyl (C=O) groups is 1. The van der Waals surface area contributed by atoms with Crippen LogP contribution in [0.5, 0.6) is 0 Å². The van der Waals surface area contributed by atoms with Crippen molar-refractivity contribution in [1.82, 2.24) is 0 Å². The van der Waals surface area contributed by atoms with Crippen LogP contribution in [-0.2, 0) is 11.2 Å². The molecule has 1 unspecified atom stereocenters. The number of aryl methyl sites for hydroxylation is 1. The summed E-state index contributed by atoms with van der Waals surface area (Å²) in [4.78, 5) is 12.4. The molecule has 154 valence electrons. The molecule has 3 nitrogen and oxygen atoms in total. The number of anilines is 1. The van der Waals surface area contributed by atoms with Gasteiger partial charge in [-0.3, -0.25) is 0 Å². The van der Waals surface area contributed by atoms with Crippen molar-refractivity contribution in [2.24, 2.45) is 0 Å². The van der Waals surface area contributed by atoms with Gasteiger partial charge in [-0.25, -0.2) is 4.79 Å². The van der Waals surface area contributed by atoms with E-state index in [9.17, 15) is 4.79 Å². The van der Waals surface area contributed by atoms with Crippen LogP contribution < -0.4 is 5.32 Å². The third kappa shape index (κ3) is 4.83. The molecule has 2 aliphatic rings. The summed E-state index contributed by atoms with van der Waals surface area (Å²) in [5.74, 6) is 0.506. The highest BCUT2D eigenvalue weighted by molar-refractivity contribution is 5.90. The maximum Gasteiger partial charge on any atom is 0.338 e. The van der Waals surface area contributed by atoms with E-state index >= 15 is 0 Å². The number of fused-ring (bicyclic) bond motifs is 1. The molecule has 3 heteroatoms. The Kier molecular flexibility index (Phi) is 5.67. The summed E-state index contributed by atoms with van der Waals surface area (Å²) >= 11 is 0. The molecule has 1 fully saturated rings. The smallest absolute Gasteiger partial charge is 0.338 e. The van der Waals surface area contributed by atoms with Gasteiger partial charge in [0.1, 0.15) is 5.60 Å². The quantitative estimate of drug-likeness (QED) is 0.583. The number of rotatable bonds is 4. The third-order valence-electron chi connectivity index (χ3n) is 6.18. The molecule has 0 aromatic heterocycles. The van der Waals surface area contributed by atoms with E-state index in [1.807, 2.05) is 32.9 Å². The lowest BCUT2D eigenvalue weighted by Crippen LogP contribution is -2.24. The van der Waals surface area contributed by atoms with Gasteiger partial charge >= 0.3 is 5.97 Å². The van der Waals surface area contributed by atoms with Gasteiger partial charge in [0.2, 0.25) is 0 Å². The Hall–Kier alpha value is -2.29. The summed E-state index contributed by atoms with van der Waals surface area (Å²) in [5, 5.41) is 3.70. The first-order chi connectivity index (χ1) is 13.9. The zero-order valence-electron chi connectivity index (χ0n) is 18.0. The molecule has 29 heavy (non-hydrogen) atoms. The van der Waals surface area contributed by atoms with Crippen molar-refractivity contribution < 1.29 is 9.53 Å². The predicted molar refractivity (Wildman–Crippen MR) is 119 cm³/mol. The van der Waals surface area contributed by atoms with E-state index in [2.05, 4.69) is 35.6 Å². The van der Waals surface area contributed by atoms with Crippen molar-refractivity contribution in [3.63, 3.8) is 0 Å². The van der Waals surface area contributed by atoms with Crippen LogP contribution in [0, 0.1) is 0 Å². The minimum Gasteiger partial charge on any atom is -0.456 e. The monoisotopic (exact) mass is 391 g/mol. The first-order valence-electron chi connectivity index (χ1n) is 11.1. The van der Waals surface area contributed by atoms with Crippen molar-refractivity contribution in [3.8, 4) is 0 Å². The second-order valence-corrected chi connectivity index (χ2v) is 9.61. The summed E-state index contributed by atoms with van der Waals surface area (Å²) in [6.45, 7) is 5.70. The van der Waals surface area contributed by atoms with E-state index in [0.29, 0.717) is 11.6 Å². The van der Waals surface area contributed by atoms with Gasteiger partial charge in [-0.15, -0.1) is 0 Å². The lowest BCUT2D eigenvalue weighted by molar-refractivity contribution is 0.00694. The highest BCUT2D eigenvalue weighted by Crippen LogP contribution is 2.36. The van der Waals surface area contributed by atoms with E-state index in [1.165, 1.54) is 54.5 Å². The van der Waals surface area contributed by atoms with Crippen LogP contribution in [0.15, 0.2) is 42.5 Å². The van der Waals surface area contributed by atoms with Gasteiger partial charge in [-0.05, 0) is 93.3 Å². The minimum atomic E-state index is -0.468. The molecule has 1 saturated carbocycles. The van der Waals surface area contributed by atoms with Crippen LogP contribution in [0.1, 0.15) is 98.3 Å². The molecule has 2 aromatic rings.